The Morgan fingerprint density at radius 2 is 2.31 bits per heavy atom. The largest absolute Gasteiger partial charge is 0.308 e. The van der Waals surface area contributed by atoms with E-state index < -0.39 is 0 Å². The van der Waals surface area contributed by atoms with Gasteiger partial charge in [0.1, 0.15) is 6.04 Å². The molecule has 88 valence electrons. The normalized spacial score (nSPS) is 12.8. The standard InChI is InChI=1S/C11H19N5/c1-9-10(8-16(4)14-9)11(7-12)13-5-6-15(2)3/h8,11,13H,5-6H2,1-4H3. The molecule has 0 amide bonds. The van der Waals surface area contributed by atoms with Gasteiger partial charge in [-0.1, -0.05) is 0 Å². The van der Waals surface area contributed by atoms with Crippen molar-refractivity contribution in [3.8, 4) is 6.07 Å². The minimum atomic E-state index is -0.270. The van der Waals surface area contributed by atoms with E-state index in [1.807, 2.05) is 34.3 Å². The molecule has 0 fully saturated rings. The fraction of sp³-hybridized carbons (Fsp3) is 0.636. The van der Waals surface area contributed by atoms with E-state index in [0.717, 1.165) is 24.3 Å². The first-order chi connectivity index (χ1) is 7.54. The lowest BCUT2D eigenvalue weighted by atomic mass is 10.1. The number of nitrogens with one attached hydrogen (secondary N) is 1. The van der Waals surface area contributed by atoms with Gasteiger partial charge < -0.3 is 4.90 Å². The third kappa shape index (κ3) is 3.33. The molecule has 5 heteroatoms. The minimum absolute atomic E-state index is 0.270. The second-order valence-corrected chi connectivity index (χ2v) is 4.16. The van der Waals surface area contributed by atoms with Gasteiger partial charge in [0, 0.05) is 31.9 Å². The molecule has 16 heavy (non-hydrogen) atoms. The van der Waals surface area contributed by atoms with Crippen molar-refractivity contribution in [2.75, 3.05) is 27.2 Å². The summed E-state index contributed by atoms with van der Waals surface area (Å²) in [7, 11) is 5.89. The summed E-state index contributed by atoms with van der Waals surface area (Å²) in [6.07, 6.45) is 1.89. The summed E-state index contributed by atoms with van der Waals surface area (Å²) in [5.74, 6) is 0. The molecule has 0 aromatic carbocycles. The van der Waals surface area contributed by atoms with E-state index in [4.69, 9.17) is 5.26 Å². The predicted octanol–water partition coefficient (Wildman–Crippen LogP) is 0.444. The molecule has 0 spiro atoms. The minimum Gasteiger partial charge on any atom is -0.308 e. The predicted molar refractivity (Wildman–Crippen MR) is 62.9 cm³/mol. The fourth-order valence-corrected chi connectivity index (χ4v) is 1.56. The molecule has 5 nitrogen and oxygen atoms in total. The van der Waals surface area contributed by atoms with Gasteiger partial charge in [0.25, 0.3) is 0 Å². The lowest BCUT2D eigenvalue weighted by molar-refractivity contribution is 0.395. The lowest BCUT2D eigenvalue weighted by Crippen LogP contribution is -2.29. The zero-order chi connectivity index (χ0) is 12.1. The van der Waals surface area contributed by atoms with E-state index >= 15 is 0 Å². The summed E-state index contributed by atoms with van der Waals surface area (Å²) in [6, 6.07) is 1.99. The number of aryl methyl sites for hydroxylation is 2. The van der Waals surface area contributed by atoms with Crippen LogP contribution in [0.25, 0.3) is 0 Å². The Hall–Kier alpha value is -1.38. The van der Waals surface area contributed by atoms with Crippen molar-refractivity contribution in [2.24, 2.45) is 7.05 Å². The molecular weight excluding hydrogens is 202 g/mol. The van der Waals surface area contributed by atoms with E-state index in [2.05, 4.69) is 21.4 Å². The van der Waals surface area contributed by atoms with Crippen LogP contribution in [0.15, 0.2) is 6.20 Å². The second kappa shape index (κ2) is 5.64. The zero-order valence-electron chi connectivity index (χ0n) is 10.4. The summed E-state index contributed by atoms with van der Waals surface area (Å²) in [5, 5.41) is 16.6. The highest BCUT2D eigenvalue weighted by atomic mass is 15.3. The maximum Gasteiger partial charge on any atom is 0.124 e. The van der Waals surface area contributed by atoms with Gasteiger partial charge in [-0.3, -0.25) is 10.00 Å². The van der Waals surface area contributed by atoms with Crippen molar-refractivity contribution in [1.29, 1.82) is 5.26 Å². The first-order valence-corrected chi connectivity index (χ1v) is 5.32. The van der Waals surface area contributed by atoms with Crippen molar-refractivity contribution in [2.45, 2.75) is 13.0 Å². The van der Waals surface area contributed by atoms with Crippen molar-refractivity contribution >= 4 is 0 Å². The SMILES string of the molecule is Cc1nn(C)cc1C(C#N)NCCN(C)C. The Bertz CT molecular complexity index is 374. The third-order valence-corrected chi connectivity index (χ3v) is 2.40. The first kappa shape index (κ1) is 12.7. The number of likely N-dealkylation sites (N-methyl/N-ethyl adjacent to an activating group) is 1. The fourth-order valence-electron chi connectivity index (χ4n) is 1.56. The van der Waals surface area contributed by atoms with Crippen LogP contribution in [0.1, 0.15) is 17.3 Å². The number of nitriles is 1. The van der Waals surface area contributed by atoms with Gasteiger partial charge in [-0.25, -0.2) is 0 Å². The Morgan fingerprint density at radius 3 is 2.75 bits per heavy atom. The van der Waals surface area contributed by atoms with Crippen LogP contribution in [0.4, 0.5) is 0 Å². The Morgan fingerprint density at radius 1 is 1.62 bits per heavy atom. The van der Waals surface area contributed by atoms with Gasteiger partial charge in [0.2, 0.25) is 0 Å². The van der Waals surface area contributed by atoms with E-state index in [0.29, 0.717) is 0 Å². The van der Waals surface area contributed by atoms with Gasteiger partial charge in [0.15, 0.2) is 0 Å². The number of nitrogens with zero attached hydrogens (tertiary/aromatic N) is 4. The second-order valence-electron chi connectivity index (χ2n) is 4.16. The molecule has 0 saturated heterocycles. The number of hydrogen-bond donors (Lipinski definition) is 1. The molecule has 1 aromatic rings. The van der Waals surface area contributed by atoms with Crippen LogP contribution in [0.5, 0.6) is 0 Å². The van der Waals surface area contributed by atoms with Gasteiger partial charge in [0.05, 0.1) is 11.8 Å². The topological polar surface area (TPSA) is 56.9 Å². The van der Waals surface area contributed by atoms with Crippen molar-refractivity contribution in [3.63, 3.8) is 0 Å². The molecule has 1 heterocycles. The Balaban J connectivity index is 2.62. The maximum atomic E-state index is 9.12. The monoisotopic (exact) mass is 221 g/mol. The molecule has 0 bridgehead atoms. The zero-order valence-corrected chi connectivity index (χ0v) is 10.4. The smallest absolute Gasteiger partial charge is 0.124 e. The average Bonchev–Trinajstić information content (AvgIpc) is 2.52. The molecule has 0 aliphatic carbocycles. The van der Waals surface area contributed by atoms with Gasteiger partial charge in [-0.15, -0.1) is 0 Å². The van der Waals surface area contributed by atoms with E-state index in [1.165, 1.54) is 0 Å². The molecule has 0 radical (unpaired) electrons. The quantitative estimate of drug-likeness (QED) is 0.784. The molecule has 0 aliphatic rings. The van der Waals surface area contributed by atoms with E-state index in [1.54, 1.807) is 4.68 Å². The number of rotatable bonds is 5. The molecule has 1 unspecified atom stereocenters. The highest BCUT2D eigenvalue weighted by Gasteiger charge is 2.14. The molecule has 1 atom stereocenters. The summed E-state index contributed by atoms with van der Waals surface area (Å²) in [5.41, 5.74) is 1.87. The van der Waals surface area contributed by atoms with Crippen LogP contribution in [-0.4, -0.2) is 41.9 Å². The highest BCUT2D eigenvalue weighted by molar-refractivity contribution is 5.25. The Labute approximate surface area is 96.7 Å². The summed E-state index contributed by atoms with van der Waals surface area (Å²) in [6.45, 7) is 3.63. The van der Waals surface area contributed by atoms with Crippen LogP contribution in [0.2, 0.25) is 0 Å². The van der Waals surface area contributed by atoms with Crippen molar-refractivity contribution < 1.29 is 0 Å². The molecule has 1 N–H and O–H groups in total. The molecular formula is C11H19N5. The lowest BCUT2D eigenvalue weighted by Gasteiger charge is -2.13. The molecule has 0 aliphatic heterocycles. The maximum absolute atomic E-state index is 9.12. The summed E-state index contributed by atoms with van der Waals surface area (Å²) in [4.78, 5) is 2.08. The number of aromatic nitrogens is 2. The van der Waals surface area contributed by atoms with Crippen molar-refractivity contribution in [3.05, 3.63) is 17.5 Å². The van der Waals surface area contributed by atoms with Crippen LogP contribution in [-0.2, 0) is 7.05 Å². The van der Waals surface area contributed by atoms with E-state index in [9.17, 15) is 0 Å². The third-order valence-electron chi connectivity index (χ3n) is 2.40. The summed E-state index contributed by atoms with van der Waals surface area (Å²) < 4.78 is 1.74. The van der Waals surface area contributed by atoms with Crippen LogP contribution in [0, 0.1) is 18.3 Å². The van der Waals surface area contributed by atoms with E-state index in [-0.39, 0.29) is 6.04 Å². The number of hydrogen-bond acceptors (Lipinski definition) is 4. The van der Waals surface area contributed by atoms with Crippen LogP contribution in [0.3, 0.4) is 0 Å². The molecule has 1 rings (SSSR count). The first-order valence-electron chi connectivity index (χ1n) is 5.32. The van der Waals surface area contributed by atoms with Gasteiger partial charge in [-0.05, 0) is 21.0 Å². The van der Waals surface area contributed by atoms with Crippen LogP contribution < -0.4 is 5.32 Å². The Kier molecular flexibility index (Phi) is 4.47. The summed E-state index contributed by atoms with van der Waals surface area (Å²) >= 11 is 0. The van der Waals surface area contributed by atoms with Gasteiger partial charge >= 0.3 is 0 Å². The van der Waals surface area contributed by atoms with Crippen molar-refractivity contribution in [1.82, 2.24) is 20.0 Å². The highest BCUT2D eigenvalue weighted by Crippen LogP contribution is 2.14. The van der Waals surface area contributed by atoms with Crippen LogP contribution >= 0.6 is 0 Å². The average molecular weight is 221 g/mol. The molecule has 0 saturated carbocycles. The molecule has 1 aromatic heterocycles. The van der Waals surface area contributed by atoms with Gasteiger partial charge in [-0.2, -0.15) is 10.4 Å².